The summed E-state index contributed by atoms with van der Waals surface area (Å²) in [6.07, 6.45) is 5.48. The van der Waals surface area contributed by atoms with Gasteiger partial charge in [-0.2, -0.15) is 0 Å². The molecule has 0 saturated carbocycles. The number of para-hydroxylation sites is 1. The van der Waals surface area contributed by atoms with Gasteiger partial charge in [-0.25, -0.2) is 4.98 Å². The van der Waals surface area contributed by atoms with Crippen LogP contribution in [-0.2, 0) is 5.41 Å². The molecule has 0 aliphatic carbocycles. The Hall–Kier alpha value is -2.11. The van der Waals surface area contributed by atoms with Crippen molar-refractivity contribution in [1.82, 2.24) is 14.8 Å². The highest BCUT2D eigenvalue weighted by molar-refractivity contribution is 7.09. The van der Waals surface area contributed by atoms with Crippen molar-refractivity contribution >= 4 is 35.9 Å². The molecule has 126 valence electrons. The van der Waals surface area contributed by atoms with E-state index >= 15 is 0 Å². The van der Waals surface area contributed by atoms with E-state index in [0.29, 0.717) is 5.56 Å². The Morgan fingerprint density at radius 1 is 1.17 bits per heavy atom. The normalized spacial score (nSPS) is 11.6. The first kappa shape index (κ1) is 18.2. The molecule has 0 bridgehead atoms. The molecule has 0 radical (unpaired) electrons. The van der Waals surface area contributed by atoms with Crippen LogP contribution in [-0.4, -0.2) is 14.8 Å². The molecule has 0 atom stereocenters. The third kappa shape index (κ3) is 4.04. The second-order valence-electron chi connectivity index (χ2n) is 6.39. The molecule has 0 amide bonds. The molecule has 0 fully saturated rings. The average molecular weight is 362 g/mol. The summed E-state index contributed by atoms with van der Waals surface area (Å²) >= 11 is 1.64. The standard InChI is InChI=1S/C18H19N3OS.ClH/c1-18(2,3)17-19-14(12-23-17)10-9-13-11-21(20-16(13)22)15-7-5-4-6-8-15;/h4-12H,1-3H3,(H,20,22);1H/b10-9+;. The van der Waals surface area contributed by atoms with E-state index < -0.39 is 0 Å². The number of H-pyrrole nitrogens is 1. The lowest BCUT2D eigenvalue weighted by Crippen LogP contribution is -2.10. The summed E-state index contributed by atoms with van der Waals surface area (Å²) in [5.74, 6) is 0. The number of rotatable bonds is 3. The minimum absolute atomic E-state index is 0. The van der Waals surface area contributed by atoms with Crippen LogP contribution in [0, 0.1) is 0 Å². The van der Waals surface area contributed by atoms with Crippen molar-refractivity contribution in [3.8, 4) is 5.69 Å². The Bertz CT molecular complexity index is 885. The van der Waals surface area contributed by atoms with E-state index in [1.54, 1.807) is 28.3 Å². The topological polar surface area (TPSA) is 50.7 Å². The molecule has 0 aliphatic heterocycles. The van der Waals surface area contributed by atoms with Gasteiger partial charge in [-0.05, 0) is 24.3 Å². The molecule has 3 rings (SSSR count). The van der Waals surface area contributed by atoms with E-state index in [-0.39, 0.29) is 23.4 Å². The van der Waals surface area contributed by atoms with Crippen LogP contribution in [0.2, 0.25) is 0 Å². The van der Waals surface area contributed by atoms with Crippen molar-refractivity contribution < 1.29 is 0 Å². The predicted octanol–water partition coefficient (Wildman–Crippen LogP) is 4.51. The third-order valence-corrected chi connectivity index (χ3v) is 4.67. The van der Waals surface area contributed by atoms with Crippen LogP contribution >= 0.6 is 23.7 Å². The fraction of sp³-hybridized carbons (Fsp3) is 0.222. The first-order valence-corrected chi connectivity index (χ1v) is 8.32. The summed E-state index contributed by atoms with van der Waals surface area (Å²) in [6.45, 7) is 6.43. The van der Waals surface area contributed by atoms with Crippen molar-refractivity contribution in [2.45, 2.75) is 26.2 Å². The second-order valence-corrected chi connectivity index (χ2v) is 7.25. The summed E-state index contributed by atoms with van der Waals surface area (Å²) in [5.41, 5.74) is 2.35. The molecule has 4 nitrogen and oxygen atoms in total. The number of hydrogen-bond donors (Lipinski definition) is 1. The second kappa shape index (κ2) is 7.20. The highest BCUT2D eigenvalue weighted by atomic mass is 35.5. The number of benzene rings is 1. The minimum atomic E-state index is -0.114. The monoisotopic (exact) mass is 361 g/mol. The Morgan fingerprint density at radius 2 is 1.88 bits per heavy atom. The van der Waals surface area contributed by atoms with Crippen molar-refractivity contribution in [2.75, 3.05) is 0 Å². The molecular weight excluding hydrogens is 342 g/mol. The first-order valence-electron chi connectivity index (χ1n) is 7.45. The largest absolute Gasteiger partial charge is 0.271 e. The van der Waals surface area contributed by atoms with Crippen LogP contribution in [0.25, 0.3) is 17.8 Å². The number of aromatic nitrogens is 3. The maximum Gasteiger partial charge on any atom is 0.271 e. The van der Waals surface area contributed by atoms with Crippen LogP contribution in [0.5, 0.6) is 0 Å². The van der Waals surface area contributed by atoms with Crippen LogP contribution in [0.1, 0.15) is 37.0 Å². The summed E-state index contributed by atoms with van der Waals surface area (Å²) in [5, 5.41) is 5.92. The quantitative estimate of drug-likeness (QED) is 0.746. The molecule has 1 aromatic carbocycles. The van der Waals surface area contributed by atoms with Gasteiger partial charge in [0.15, 0.2) is 0 Å². The lowest BCUT2D eigenvalue weighted by Gasteiger charge is -2.13. The van der Waals surface area contributed by atoms with Gasteiger partial charge in [-0.3, -0.25) is 14.6 Å². The average Bonchev–Trinajstić information content (AvgIpc) is 3.12. The number of hydrogen-bond acceptors (Lipinski definition) is 3. The highest BCUT2D eigenvalue weighted by Crippen LogP contribution is 2.26. The zero-order chi connectivity index (χ0) is 16.4. The van der Waals surface area contributed by atoms with E-state index in [9.17, 15) is 4.79 Å². The van der Waals surface area contributed by atoms with E-state index in [4.69, 9.17) is 0 Å². The molecule has 24 heavy (non-hydrogen) atoms. The van der Waals surface area contributed by atoms with E-state index in [0.717, 1.165) is 16.4 Å². The minimum Gasteiger partial charge on any atom is -0.267 e. The van der Waals surface area contributed by atoms with Crippen molar-refractivity contribution in [1.29, 1.82) is 0 Å². The van der Waals surface area contributed by atoms with Crippen molar-refractivity contribution in [2.24, 2.45) is 0 Å². The summed E-state index contributed by atoms with van der Waals surface area (Å²) in [7, 11) is 0. The van der Waals surface area contributed by atoms with Gasteiger partial charge >= 0.3 is 0 Å². The van der Waals surface area contributed by atoms with Gasteiger partial charge in [0.05, 0.1) is 22.0 Å². The third-order valence-electron chi connectivity index (χ3n) is 3.38. The SMILES string of the molecule is CC(C)(C)c1nc(/C=C/c2cn(-c3ccccc3)[nH]c2=O)cs1.Cl. The number of halogens is 1. The van der Waals surface area contributed by atoms with Crippen LogP contribution in [0.4, 0.5) is 0 Å². The van der Waals surface area contributed by atoms with Crippen LogP contribution in [0.3, 0.4) is 0 Å². The maximum absolute atomic E-state index is 12.1. The Kier molecular flexibility index (Phi) is 5.47. The number of nitrogens with one attached hydrogen (secondary N) is 1. The van der Waals surface area contributed by atoms with Crippen LogP contribution < -0.4 is 5.56 Å². The van der Waals surface area contributed by atoms with Gasteiger partial charge in [-0.1, -0.05) is 39.0 Å². The first-order chi connectivity index (χ1) is 10.9. The van der Waals surface area contributed by atoms with Gasteiger partial charge in [0.25, 0.3) is 5.56 Å². The zero-order valence-corrected chi connectivity index (χ0v) is 15.4. The zero-order valence-electron chi connectivity index (χ0n) is 13.8. The molecule has 6 heteroatoms. The fourth-order valence-corrected chi connectivity index (χ4v) is 3.01. The van der Waals surface area contributed by atoms with Crippen molar-refractivity contribution in [3.63, 3.8) is 0 Å². The number of nitrogens with zero attached hydrogens (tertiary/aromatic N) is 2. The van der Waals surface area contributed by atoms with Gasteiger partial charge < -0.3 is 0 Å². The Morgan fingerprint density at radius 3 is 2.50 bits per heavy atom. The van der Waals surface area contributed by atoms with Gasteiger partial charge in [0, 0.05) is 17.0 Å². The lowest BCUT2D eigenvalue weighted by atomic mass is 9.98. The van der Waals surface area contributed by atoms with Gasteiger partial charge in [0.1, 0.15) is 0 Å². The summed E-state index contributed by atoms with van der Waals surface area (Å²) in [6, 6.07) is 9.71. The molecule has 1 N–H and O–H groups in total. The summed E-state index contributed by atoms with van der Waals surface area (Å²) < 4.78 is 1.73. The lowest BCUT2D eigenvalue weighted by molar-refractivity contribution is 0.585. The molecule has 2 aromatic heterocycles. The van der Waals surface area contributed by atoms with Gasteiger partial charge in [0.2, 0.25) is 0 Å². The van der Waals surface area contributed by atoms with E-state index in [1.807, 2.05) is 41.8 Å². The molecule has 0 saturated heterocycles. The Labute approximate surface area is 151 Å². The molecule has 0 unspecified atom stereocenters. The van der Waals surface area contributed by atoms with Crippen molar-refractivity contribution in [3.05, 3.63) is 68.5 Å². The molecule has 3 aromatic rings. The van der Waals surface area contributed by atoms with E-state index in [1.165, 1.54) is 0 Å². The van der Waals surface area contributed by atoms with Gasteiger partial charge in [-0.15, -0.1) is 23.7 Å². The molecule has 0 spiro atoms. The maximum atomic E-state index is 12.1. The molecule has 0 aliphatic rings. The molecular formula is C18H20ClN3OS. The Balaban J connectivity index is 0.00000208. The number of aromatic amines is 1. The van der Waals surface area contributed by atoms with E-state index in [2.05, 4.69) is 30.9 Å². The highest BCUT2D eigenvalue weighted by Gasteiger charge is 2.17. The predicted molar refractivity (Wildman–Crippen MR) is 103 cm³/mol. The van der Waals surface area contributed by atoms with Crippen LogP contribution in [0.15, 0.2) is 46.7 Å². The smallest absolute Gasteiger partial charge is 0.267 e. The molecule has 2 heterocycles. The summed E-state index contributed by atoms with van der Waals surface area (Å²) in [4.78, 5) is 16.7. The fourth-order valence-electron chi connectivity index (χ4n) is 2.13. The number of thiazole rings is 1.